The molecule has 1 saturated heterocycles. The number of carbonyl (C=O) groups excluding carboxylic acids is 1. The van der Waals surface area contributed by atoms with Crippen molar-refractivity contribution in [3.63, 3.8) is 0 Å². The fourth-order valence-corrected chi connectivity index (χ4v) is 2.86. The van der Waals surface area contributed by atoms with Gasteiger partial charge in [-0.15, -0.1) is 0 Å². The standard InChI is InChI=1S/C16H17NO4/c18-15(17-9-3-5-13(17)16(19)20)8-7-12-10-11-4-1-2-6-14(11)21-12/h1-2,4,6,10,13H,3,5,7-9H2,(H,19,20)/t13-/m1/s1. The van der Waals surface area contributed by atoms with Crippen molar-refractivity contribution in [3.8, 4) is 0 Å². The second-order valence-corrected chi connectivity index (χ2v) is 5.33. The molecule has 1 atom stereocenters. The predicted octanol–water partition coefficient (Wildman–Crippen LogP) is 2.44. The SMILES string of the molecule is O=C(O)[C@H]1CCCN1C(=O)CCc1cc2ccccc2o1. The molecule has 0 unspecified atom stereocenters. The number of carboxylic acid groups (broad SMARTS) is 1. The second-order valence-electron chi connectivity index (χ2n) is 5.33. The zero-order chi connectivity index (χ0) is 14.8. The number of aliphatic carboxylic acids is 1. The van der Waals surface area contributed by atoms with E-state index >= 15 is 0 Å². The van der Waals surface area contributed by atoms with Gasteiger partial charge in [0, 0.05) is 24.8 Å². The maximum absolute atomic E-state index is 12.2. The highest BCUT2D eigenvalue weighted by Gasteiger charge is 2.33. The summed E-state index contributed by atoms with van der Waals surface area (Å²) in [5, 5.41) is 10.1. The van der Waals surface area contributed by atoms with E-state index in [0.717, 1.165) is 23.2 Å². The fourth-order valence-electron chi connectivity index (χ4n) is 2.86. The topological polar surface area (TPSA) is 70.8 Å². The summed E-state index contributed by atoms with van der Waals surface area (Å²) in [5.74, 6) is -0.263. The summed E-state index contributed by atoms with van der Waals surface area (Å²) in [6.45, 7) is 0.538. The third-order valence-electron chi connectivity index (χ3n) is 3.92. The average Bonchev–Trinajstić information content (AvgIpc) is 3.10. The van der Waals surface area contributed by atoms with Crippen molar-refractivity contribution in [1.29, 1.82) is 0 Å². The van der Waals surface area contributed by atoms with Crippen LogP contribution in [0.15, 0.2) is 34.7 Å². The third kappa shape index (κ3) is 2.77. The Bertz CT molecular complexity index is 643. The van der Waals surface area contributed by atoms with Crippen LogP contribution in [0.1, 0.15) is 25.0 Å². The molecule has 3 rings (SSSR count). The van der Waals surface area contributed by atoms with E-state index in [4.69, 9.17) is 9.52 Å². The van der Waals surface area contributed by atoms with Gasteiger partial charge in [-0.05, 0) is 25.0 Å². The van der Waals surface area contributed by atoms with Gasteiger partial charge in [0.2, 0.25) is 5.91 Å². The van der Waals surface area contributed by atoms with Gasteiger partial charge < -0.3 is 14.4 Å². The molecule has 1 aliphatic heterocycles. The monoisotopic (exact) mass is 287 g/mol. The lowest BCUT2D eigenvalue weighted by Crippen LogP contribution is -2.40. The lowest BCUT2D eigenvalue weighted by atomic mass is 10.2. The van der Waals surface area contributed by atoms with Crippen LogP contribution in [0.5, 0.6) is 0 Å². The number of carboxylic acids is 1. The molecular formula is C16H17NO4. The van der Waals surface area contributed by atoms with Crippen LogP contribution in [0.4, 0.5) is 0 Å². The zero-order valence-electron chi connectivity index (χ0n) is 11.6. The highest BCUT2D eigenvalue weighted by Crippen LogP contribution is 2.22. The number of rotatable bonds is 4. The van der Waals surface area contributed by atoms with Crippen molar-refractivity contribution in [2.75, 3.05) is 6.54 Å². The van der Waals surface area contributed by atoms with Gasteiger partial charge in [0.05, 0.1) is 0 Å². The van der Waals surface area contributed by atoms with Crippen molar-refractivity contribution in [1.82, 2.24) is 4.90 Å². The van der Waals surface area contributed by atoms with Crippen LogP contribution in [0, 0.1) is 0 Å². The minimum absolute atomic E-state index is 0.111. The summed E-state index contributed by atoms with van der Waals surface area (Å²) in [7, 11) is 0. The number of nitrogens with zero attached hydrogens (tertiary/aromatic N) is 1. The molecule has 110 valence electrons. The zero-order valence-corrected chi connectivity index (χ0v) is 11.6. The number of fused-ring (bicyclic) bond motifs is 1. The minimum Gasteiger partial charge on any atom is -0.480 e. The van der Waals surface area contributed by atoms with Gasteiger partial charge in [0.15, 0.2) is 0 Å². The lowest BCUT2D eigenvalue weighted by molar-refractivity contribution is -0.148. The number of likely N-dealkylation sites (tertiary alicyclic amines) is 1. The highest BCUT2D eigenvalue weighted by atomic mass is 16.4. The van der Waals surface area contributed by atoms with Crippen molar-refractivity contribution >= 4 is 22.8 Å². The van der Waals surface area contributed by atoms with Gasteiger partial charge in [-0.25, -0.2) is 4.79 Å². The van der Waals surface area contributed by atoms with Crippen LogP contribution >= 0.6 is 0 Å². The molecule has 0 bridgehead atoms. The third-order valence-corrected chi connectivity index (χ3v) is 3.92. The fraction of sp³-hybridized carbons (Fsp3) is 0.375. The normalized spacial score (nSPS) is 18.3. The van der Waals surface area contributed by atoms with Gasteiger partial charge in [-0.3, -0.25) is 4.79 Å². The first-order valence-corrected chi connectivity index (χ1v) is 7.15. The van der Waals surface area contributed by atoms with E-state index in [9.17, 15) is 9.59 Å². The number of furan rings is 1. The van der Waals surface area contributed by atoms with Crippen molar-refractivity contribution < 1.29 is 19.1 Å². The average molecular weight is 287 g/mol. The van der Waals surface area contributed by atoms with E-state index in [1.165, 1.54) is 4.90 Å². The Kier molecular flexibility index (Phi) is 3.64. The van der Waals surface area contributed by atoms with Gasteiger partial charge in [0.25, 0.3) is 0 Å². The van der Waals surface area contributed by atoms with Gasteiger partial charge in [0.1, 0.15) is 17.4 Å². The molecule has 2 heterocycles. The summed E-state index contributed by atoms with van der Waals surface area (Å²) in [5.41, 5.74) is 0.810. The van der Waals surface area contributed by atoms with Crippen LogP contribution < -0.4 is 0 Å². The number of hydrogen-bond acceptors (Lipinski definition) is 3. The van der Waals surface area contributed by atoms with Crippen molar-refractivity contribution in [2.24, 2.45) is 0 Å². The highest BCUT2D eigenvalue weighted by molar-refractivity contribution is 5.84. The second kappa shape index (κ2) is 5.60. The van der Waals surface area contributed by atoms with Crippen molar-refractivity contribution in [2.45, 2.75) is 31.7 Å². The molecular weight excluding hydrogens is 270 g/mol. The molecule has 1 aliphatic rings. The largest absolute Gasteiger partial charge is 0.480 e. The number of amides is 1. The van der Waals surface area contributed by atoms with E-state index < -0.39 is 12.0 Å². The van der Waals surface area contributed by atoms with E-state index in [2.05, 4.69) is 0 Å². The molecule has 1 amide bonds. The number of benzene rings is 1. The quantitative estimate of drug-likeness (QED) is 0.937. The first-order valence-electron chi connectivity index (χ1n) is 7.15. The molecule has 5 heteroatoms. The van der Waals surface area contributed by atoms with Crippen LogP contribution in [-0.2, 0) is 16.0 Å². The first-order chi connectivity index (χ1) is 10.1. The molecule has 1 N–H and O–H groups in total. The Balaban J connectivity index is 1.64. The number of para-hydroxylation sites is 1. The van der Waals surface area contributed by atoms with E-state index in [0.29, 0.717) is 19.4 Å². The molecule has 0 radical (unpaired) electrons. The van der Waals surface area contributed by atoms with E-state index in [1.54, 1.807) is 0 Å². The van der Waals surface area contributed by atoms with Gasteiger partial charge in [-0.2, -0.15) is 0 Å². The first kappa shape index (κ1) is 13.7. The van der Waals surface area contributed by atoms with Crippen molar-refractivity contribution in [3.05, 3.63) is 36.1 Å². The molecule has 1 aromatic carbocycles. The number of aryl methyl sites for hydroxylation is 1. The Morgan fingerprint density at radius 1 is 1.33 bits per heavy atom. The summed E-state index contributed by atoms with van der Waals surface area (Å²) in [4.78, 5) is 24.7. The molecule has 21 heavy (non-hydrogen) atoms. The minimum atomic E-state index is -0.912. The van der Waals surface area contributed by atoms with Crippen LogP contribution in [-0.4, -0.2) is 34.5 Å². The smallest absolute Gasteiger partial charge is 0.326 e. The summed E-state index contributed by atoms with van der Waals surface area (Å²) in [6.07, 6.45) is 2.08. The molecule has 1 aromatic heterocycles. The summed E-state index contributed by atoms with van der Waals surface area (Å²) < 4.78 is 5.67. The summed E-state index contributed by atoms with van der Waals surface area (Å²) >= 11 is 0. The molecule has 1 fully saturated rings. The maximum atomic E-state index is 12.2. The molecule has 0 saturated carbocycles. The maximum Gasteiger partial charge on any atom is 0.326 e. The number of carbonyl (C=O) groups is 2. The lowest BCUT2D eigenvalue weighted by Gasteiger charge is -2.21. The van der Waals surface area contributed by atoms with Gasteiger partial charge in [-0.1, -0.05) is 18.2 Å². The van der Waals surface area contributed by atoms with E-state index in [-0.39, 0.29) is 12.3 Å². The Morgan fingerprint density at radius 3 is 2.90 bits per heavy atom. The Morgan fingerprint density at radius 2 is 2.14 bits per heavy atom. The summed E-state index contributed by atoms with van der Waals surface area (Å²) in [6, 6.07) is 8.97. The Labute approximate surface area is 122 Å². The van der Waals surface area contributed by atoms with E-state index in [1.807, 2.05) is 30.3 Å². The number of hydrogen-bond donors (Lipinski definition) is 1. The molecule has 2 aromatic rings. The molecule has 0 spiro atoms. The van der Waals surface area contributed by atoms with Crippen LogP contribution in [0.3, 0.4) is 0 Å². The van der Waals surface area contributed by atoms with Crippen LogP contribution in [0.25, 0.3) is 11.0 Å². The predicted molar refractivity (Wildman–Crippen MR) is 76.9 cm³/mol. The van der Waals surface area contributed by atoms with Gasteiger partial charge >= 0.3 is 5.97 Å². The Hall–Kier alpha value is -2.30. The molecule has 0 aliphatic carbocycles. The van der Waals surface area contributed by atoms with Crippen LogP contribution in [0.2, 0.25) is 0 Å². The molecule has 5 nitrogen and oxygen atoms in total.